The van der Waals surface area contributed by atoms with Crippen LogP contribution in [0, 0.1) is 0 Å². The number of ether oxygens (including phenoxy) is 2. The van der Waals surface area contributed by atoms with Crippen molar-refractivity contribution >= 4 is 34.0 Å². The van der Waals surface area contributed by atoms with E-state index in [2.05, 4.69) is 40.8 Å². The molecular weight excluding hydrogens is 508 g/mol. The summed E-state index contributed by atoms with van der Waals surface area (Å²) in [6.45, 7) is -0.935. The number of aliphatic hydroxyl groups excluding tert-OH is 6. The lowest BCUT2D eigenvalue weighted by Gasteiger charge is -2.17. The molecule has 202 valence electrons. The van der Waals surface area contributed by atoms with Gasteiger partial charge in [0.15, 0.2) is 46.4 Å². The molecule has 8 N–H and O–H groups in total. The Balaban J connectivity index is 1.25. The number of aromatic nitrogens is 8. The fourth-order valence-corrected chi connectivity index (χ4v) is 4.60. The minimum Gasteiger partial charge on any atom is -0.394 e. The minimum atomic E-state index is -1.31. The van der Waals surface area contributed by atoms with Crippen molar-refractivity contribution < 1.29 is 40.1 Å². The summed E-state index contributed by atoms with van der Waals surface area (Å²) in [6.07, 6.45) is -3.87. The molecule has 0 radical (unpaired) electrons. The molecule has 0 aromatic carbocycles. The van der Waals surface area contributed by atoms with E-state index in [1.165, 1.54) is 34.4 Å². The zero-order chi connectivity index (χ0) is 26.6. The van der Waals surface area contributed by atoms with Crippen LogP contribution < -0.4 is 10.9 Å². The average Bonchev–Trinajstić information content (AvgIpc) is 3.69. The van der Waals surface area contributed by atoms with Gasteiger partial charge in [0.1, 0.15) is 49.3 Å². The number of nitrogens with one attached hydrogen (secondary N) is 2. The molecule has 4 aromatic heterocycles. The molecule has 0 spiro atoms. The van der Waals surface area contributed by atoms with E-state index in [0.29, 0.717) is 22.3 Å². The van der Waals surface area contributed by atoms with Gasteiger partial charge in [-0.25, -0.2) is 29.9 Å². The van der Waals surface area contributed by atoms with Gasteiger partial charge >= 0.3 is 0 Å². The van der Waals surface area contributed by atoms with E-state index >= 15 is 0 Å². The molecule has 38 heavy (non-hydrogen) atoms. The zero-order valence-corrected chi connectivity index (χ0v) is 19.4. The van der Waals surface area contributed by atoms with Crippen molar-refractivity contribution in [1.82, 2.24) is 39.0 Å². The summed E-state index contributed by atoms with van der Waals surface area (Å²) in [5, 5.41) is 59.7. The second kappa shape index (κ2) is 9.60. The fraction of sp³-hybridized carbons (Fsp3) is 0.500. The van der Waals surface area contributed by atoms with Crippen molar-refractivity contribution in [3.05, 3.63) is 25.3 Å². The van der Waals surface area contributed by atoms with Gasteiger partial charge in [-0.3, -0.25) is 20.0 Å². The molecule has 0 bridgehead atoms. The SMILES string of the molecule is OC[C@H]1O[C@@H](n2cnc3c(NNc4ncnc5c4ncn5[C@@H]4O[C@H](CO)[C@@H](O)[C@H]4O)ncnc32)[C@H](O)[C@@H]1O. The lowest BCUT2D eigenvalue weighted by molar-refractivity contribution is -0.0511. The molecule has 4 aromatic rings. The van der Waals surface area contributed by atoms with Crippen LogP contribution in [0.3, 0.4) is 0 Å². The van der Waals surface area contributed by atoms with E-state index < -0.39 is 62.3 Å². The van der Waals surface area contributed by atoms with Crippen molar-refractivity contribution in [2.45, 2.75) is 49.1 Å². The molecule has 6 rings (SSSR count). The van der Waals surface area contributed by atoms with Gasteiger partial charge in [0.05, 0.1) is 25.9 Å². The van der Waals surface area contributed by atoms with Gasteiger partial charge in [0, 0.05) is 0 Å². The van der Waals surface area contributed by atoms with E-state index in [9.17, 15) is 30.6 Å². The van der Waals surface area contributed by atoms with Crippen LogP contribution >= 0.6 is 0 Å². The molecule has 18 nitrogen and oxygen atoms in total. The van der Waals surface area contributed by atoms with Gasteiger partial charge in [-0.2, -0.15) is 0 Å². The van der Waals surface area contributed by atoms with Gasteiger partial charge in [-0.05, 0) is 0 Å². The van der Waals surface area contributed by atoms with Gasteiger partial charge in [0.25, 0.3) is 0 Å². The summed E-state index contributed by atoms with van der Waals surface area (Å²) in [5.74, 6) is 0.491. The van der Waals surface area contributed by atoms with E-state index in [1.54, 1.807) is 0 Å². The lowest BCUT2D eigenvalue weighted by Crippen LogP contribution is -2.33. The van der Waals surface area contributed by atoms with Crippen LogP contribution in [0.5, 0.6) is 0 Å². The lowest BCUT2D eigenvalue weighted by atomic mass is 10.1. The Morgan fingerprint density at radius 3 is 1.42 bits per heavy atom. The molecule has 18 heteroatoms. The Bertz CT molecular complexity index is 1340. The van der Waals surface area contributed by atoms with Crippen LogP contribution in [0.2, 0.25) is 0 Å². The molecule has 0 saturated carbocycles. The van der Waals surface area contributed by atoms with Crippen LogP contribution in [-0.4, -0.2) is 120 Å². The fourth-order valence-electron chi connectivity index (χ4n) is 4.60. The first-order valence-electron chi connectivity index (χ1n) is 11.5. The molecule has 0 amide bonds. The van der Waals surface area contributed by atoms with E-state index in [4.69, 9.17) is 9.47 Å². The van der Waals surface area contributed by atoms with Gasteiger partial charge in [-0.1, -0.05) is 0 Å². The highest BCUT2D eigenvalue weighted by Crippen LogP contribution is 2.33. The number of nitrogens with zero attached hydrogens (tertiary/aromatic N) is 8. The molecule has 2 aliphatic rings. The third-order valence-electron chi connectivity index (χ3n) is 6.60. The zero-order valence-electron chi connectivity index (χ0n) is 19.4. The first-order valence-corrected chi connectivity index (χ1v) is 11.5. The Kier molecular flexibility index (Phi) is 6.24. The number of hydrogen-bond donors (Lipinski definition) is 8. The standard InChI is InChI=1S/C20H24N10O8/c31-1-7-11(33)13(35)19(37-7)29-5-25-9-15(21-3-23-17(9)29)27-28-16-10-18(24-4-22-16)30(6-26-10)20-14(36)12(34)8(2-32)38-20/h3-8,11-14,19-20,31-36H,1-2H2,(H,21,23,27)(H,22,24,28)/t7-,8-,11-,12-,13-,14-,19-,20-/m1/s1. The maximum atomic E-state index is 10.4. The Labute approximate surface area is 212 Å². The molecule has 2 aliphatic heterocycles. The maximum absolute atomic E-state index is 10.4. The van der Waals surface area contributed by atoms with Crippen molar-refractivity contribution in [2.24, 2.45) is 0 Å². The first kappa shape index (κ1) is 24.7. The van der Waals surface area contributed by atoms with Crippen LogP contribution in [0.1, 0.15) is 12.5 Å². The minimum absolute atomic E-state index is 0.246. The van der Waals surface area contributed by atoms with E-state index in [0.717, 1.165) is 0 Å². The third-order valence-corrected chi connectivity index (χ3v) is 6.60. The summed E-state index contributed by atoms with van der Waals surface area (Å²) >= 11 is 0. The highest BCUT2D eigenvalue weighted by Gasteiger charge is 2.45. The van der Waals surface area contributed by atoms with E-state index in [1.807, 2.05) is 0 Å². The van der Waals surface area contributed by atoms with Crippen LogP contribution in [0.4, 0.5) is 11.6 Å². The smallest absolute Gasteiger partial charge is 0.176 e. The predicted molar refractivity (Wildman–Crippen MR) is 124 cm³/mol. The summed E-state index contributed by atoms with van der Waals surface area (Å²) in [5.41, 5.74) is 6.97. The number of hydrogen-bond acceptors (Lipinski definition) is 16. The molecule has 0 unspecified atom stereocenters. The number of imidazole rings is 2. The number of anilines is 2. The second-order valence-electron chi connectivity index (χ2n) is 8.80. The number of aliphatic hydroxyl groups is 6. The molecule has 6 heterocycles. The van der Waals surface area contributed by atoms with Crippen molar-refractivity contribution in [3.8, 4) is 0 Å². The first-order chi connectivity index (χ1) is 18.4. The summed E-state index contributed by atoms with van der Waals surface area (Å²) in [4.78, 5) is 25.4. The van der Waals surface area contributed by atoms with Crippen LogP contribution in [0.25, 0.3) is 22.3 Å². The predicted octanol–water partition coefficient (Wildman–Crippen LogP) is -3.37. The average molecular weight is 532 g/mol. The molecule has 8 atom stereocenters. The molecular formula is C20H24N10O8. The van der Waals surface area contributed by atoms with Gasteiger partial charge in [0.2, 0.25) is 0 Å². The maximum Gasteiger partial charge on any atom is 0.176 e. The molecule has 2 fully saturated rings. The number of hydrazine groups is 1. The quantitative estimate of drug-likeness (QED) is 0.108. The number of rotatable bonds is 7. The monoisotopic (exact) mass is 532 g/mol. The Morgan fingerprint density at radius 1 is 0.632 bits per heavy atom. The summed E-state index contributed by atoms with van der Waals surface area (Å²) in [7, 11) is 0. The highest BCUT2D eigenvalue weighted by molar-refractivity contribution is 5.86. The highest BCUT2D eigenvalue weighted by atomic mass is 16.6. The molecule has 2 saturated heterocycles. The topological polar surface area (TPSA) is 251 Å². The van der Waals surface area contributed by atoms with Crippen molar-refractivity contribution in [3.63, 3.8) is 0 Å². The summed E-state index contributed by atoms with van der Waals surface area (Å²) in [6, 6.07) is 0. The second-order valence-corrected chi connectivity index (χ2v) is 8.80. The third kappa shape index (κ3) is 3.82. The molecule has 0 aliphatic carbocycles. The van der Waals surface area contributed by atoms with Crippen molar-refractivity contribution in [2.75, 3.05) is 24.1 Å². The van der Waals surface area contributed by atoms with Crippen molar-refractivity contribution in [1.29, 1.82) is 0 Å². The van der Waals surface area contributed by atoms with Gasteiger partial charge in [-0.15, -0.1) is 0 Å². The summed E-state index contributed by atoms with van der Waals surface area (Å²) < 4.78 is 14.0. The Morgan fingerprint density at radius 2 is 1.05 bits per heavy atom. The normalized spacial score (nSPS) is 31.4. The van der Waals surface area contributed by atoms with E-state index in [-0.39, 0.29) is 11.6 Å². The van der Waals surface area contributed by atoms with Crippen LogP contribution in [0.15, 0.2) is 25.3 Å². The Hall–Kier alpha value is -3.62. The van der Waals surface area contributed by atoms with Crippen LogP contribution in [-0.2, 0) is 9.47 Å². The van der Waals surface area contributed by atoms with Gasteiger partial charge < -0.3 is 40.1 Å². The largest absolute Gasteiger partial charge is 0.394 e. The number of fused-ring (bicyclic) bond motifs is 2.